The van der Waals surface area contributed by atoms with E-state index in [2.05, 4.69) is 16.3 Å². The van der Waals surface area contributed by atoms with Crippen molar-refractivity contribution >= 4 is 11.8 Å². The number of hydrogen-bond donors (Lipinski definition) is 0. The minimum atomic E-state index is 0.535. The quantitative estimate of drug-likeness (QED) is 0.609. The maximum Gasteiger partial charge on any atom is 0.119 e. The molecule has 2 rings (SSSR count). The highest BCUT2D eigenvalue weighted by atomic mass is 32.2. The van der Waals surface area contributed by atoms with Crippen molar-refractivity contribution in [2.24, 2.45) is 0 Å². The number of nitrogens with zero attached hydrogens (tertiary/aromatic N) is 3. The van der Waals surface area contributed by atoms with E-state index in [-0.39, 0.29) is 0 Å². The smallest absolute Gasteiger partial charge is 0.119 e. The van der Waals surface area contributed by atoms with Crippen LogP contribution in [0.1, 0.15) is 6.42 Å². The van der Waals surface area contributed by atoms with Gasteiger partial charge in [-0.25, -0.2) is 0 Å². The highest BCUT2D eigenvalue weighted by Crippen LogP contribution is 2.19. The Morgan fingerprint density at radius 3 is 2.53 bits per heavy atom. The standard InChI is InChI=1S/C13H11N3S/c14-9-4-10-17-13-8-7-12(15-16-13)11-5-2-1-3-6-11/h1-3,5-8H,4,10H2. The van der Waals surface area contributed by atoms with E-state index in [1.54, 1.807) is 11.8 Å². The van der Waals surface area contributed by atoms with Crippen molar-refractivity contribution in [3.05, 3.63) is 42.5 Å². The molecule has 0 N–H and O–H groups in total. The minimum absolute atomic E-state index is 0.535. The summed E-state index contributed by atoms with van der Waals surface area (Å²) in [6.45, 7) is 0. The van der Waals surface area contributed by atoms with Crippen molar-refractivity contribution in [1.82, 2.24) is 10.2 Å². The zero-order valence-electron chi connectivity index (χ0n) is 9.21. The van der Waals surface area contributed by atoms with E-state index in [9.17, 15) is 0 Å². The second-order valence-electron chi connectivity index (χ2n) is 3.38. The second kappa shape index (κ2) is 6.02. The Kier molecular flexibility index (Phi) is 4.11. The van der Waals surface area contributed by atoms with Crippen LogP contribution in [0.5, 0.6) is 0 Å². The molecule has 0 saturated carbocycles. The van der Waals surface area contributed by atoms with E-state index < -0.39 is 0 Å². The molecule has 0 aliphatic rings. The van der Waals surface area contributed by atoms with Crippen molar-refractivity contribution in [2.45, 2.75) is 11.4 Å². The second-order valence-corrected chi connectivity index (χ2v) is 4.49. The van der Waals surface area contributed by atoms with E-state index in [1.165, 1.54) is 0 Å². The van der Waals surface area contributed by atoms with E-state index in [4.69, 9.17) is 5.26 Å². The van der Waals surface area contributed by atoms with E-state index >= 15 is 0 Å². The molecule has 0 amide bonds. The van der Waals surface area contributed by atoms with Crippen LogP contribution in [-0.4, -0.2) is 16.0 Å². The average Bonchev–Trinajstić information content (AvgIpc) is 2.41. The van der Waals surface area contributed by atoms with Crippen LogP contribution < -0.4 is 0 Å². The van der Waals surface area contributed by atoms with Gasteiger partial charge in [0.1, 0.15) is 5.03 Å². The highest BCUT2D eigenvalue weighted by Gasteiger charge is 2.00. The van der Waals surface area contributed by atoms with Gasteiger partial charge in [0.25, 0.3) is 0 Å². The zero-order valence-corrected chi connectivity index (χ0v) is 10.0. The summed E-state index contributed by atoms with van der Waals surface area (Å²) in [5, 5.41) is 17.6. The fourth-order valence-corrected chi connectivity index (χ4v) is 2.03. The van der Waals surface area contributed by atoms with Crippen LogP contribution in [0.2, 0.25) is 0 Å². The number of nitriles is 1. The first-order valence-corrected chi connectivity index (χ1v) is 6.27. The van der Waals surface area contributed by atoms with Gasteiger partial charge in [-0.3, -0.25) is 0 Å². The van der Waals surface area contributed by atoms with Gasteiger partial charge in [-0.2, -0.15) is 5.26 Å². The maximum atomic E-state index is 8.44. The molecule has 84 valence electrons. The SMILES string of the molecule is N#CCCSc1ccc(-c2ccccc2)nn1. The topological polar surface area (TPSA) is 49.6 Å². The summed E-state index contributed by atoms with van der Waals surface area (Å²) in [4.78, 5) is 0. The molecule has 0 aliphatic carbocycles. The molecule has 1 aromatic carbocycles. The van der Waals surface area contributed by atoms with E-state index in [0.29, 0.717) is 6.42 Å². The minimum Gasteiger partial charge on any atom is -0.198 e. The molecule has 0 bridgehead atoms. The van der Waals surface area contributed by atoms with Gasteiger partial charge in [0.2, 0.25) is 0 Å². The molecule has 0 radical (unpaired) electrons. The summed E-state index contributed by atoms with van der Waals surface area (Å²) in [5.41, 5.74) is 1.93. The molecule has 0 unspecified atom stereocenters. The van der Waals surface area contributed by atoms with Crippen molar-refractivity contribution in [3.8, 4) is 17.3 Å². The Bertz CT molecular complexity index is 502. The normalized spacial score (nSPS) is 9.82. The summed E-state index contributed by atoms with van der Waals surface area (Å²) in [6.07, 6.45) is 0.535. The summed E-state index contributed by atoms with van der Waals surface area (Å²) in [7, 11) is 0. The number of hydrogen-bond acceptors (Lipinski definition) is 4. The lowest BCUT2D eigenvalue weighted by Gasteiger charge is -2.00. The van der Waals surface area contributed by atoms with Crippen LogP contribution >= 0.6 is 11.8 Å². The van der Waals surface area contributed by atoms with Crippen LogP contribution in [0.3, 0.4) is 0 Å². The third kappa shape index (κ3) is 3.30. The molecule has 0 atom stereocenters. The molecule has 1 heterocycles. The molecule has 3 nitrogen and oxygen atoms in total. The van der Waals surface area contributed by atoms with Gasteiger partial charge in [-0.15, -0.1) is 22.0 Å². The third-order valence-corrected chi connectivity index (χ3v) is 3.10. The molecule has 2 aromatic rings. The molecule has 1 aromatic heterocycles. The average molecular weight is 241 g/mol. The molecule has 17 heavy (non-hydrogen) atoms. The number of rotatable bonds is 4. The van der Waals surface area contributed by atoms with Crippen molar-refractivity contribution in [2.75, 3.05) is 5.75 Å². The highest BCUT2D eigenvalue weighted by molar-refractivity contribution is 7.99. The van der Waals surface area contributed by atoms with Crippen molar-refractivity contribution < 1.29 is 0 Å². The van der Waals surface area contributed by atoms with Crippen LogP contribution in [0.25, 0.3) is 11.3 Å². The van der Waals surface area contributed by atoms with Gasteiger partial charge >= 0.3 is 0 Å². The molecule has 0 fully saturated rings. The molecule has 0 spiro atoms. The Balaban J connectivity index is 2.06. The lowest BCUT2D eigenvalue weighted by molar-refractivity contribution is 0.935. The van der Waals surface area contributed by atoms with E-state index in [1.807, 2.05) is 42.5 Å². The van der Waals surface area contributed by atoms with Gasteiger partial charge < -0.3 is 0 Å². The fraction of sp³-hybridized carbons (Fsp3) is 0.154. The fourth-order valence-electron chi connectivity index (χ4n) is 1.36. The first-order valence-electron chi connectivity index (χ1n) is 5.29. The molecular weight excluding hydrogens is 230 g/mol. The first-order chi connectivity index (χ1) is 8.40. The predicted molar refractivity (Wildman–Crippen MR) is 68.4 cm³/mol. The summed E-state index contributed by atoms with van der Waals surface area (Å²) >= 11 is 1.55. The van der Waals surface area contributed by atoms with Gasteiger partial charge in [0.15, 0.2) is 0 Å². The van der Waals surface area contributed by atoms with Gasteiger partial charge in [0, 0.05) is 17.7 Å². The van der Waals surface area contributed by atoms with Crippen LogP contribution in [0.4, 0.5) is 0 Å². The van der Waals surface area contributed by atoms with Gasteiger partial charge in [0.05, 0.1) is 11.8 Å². The number of benzene rings is 1. The largest absolute Gasteiger partial charge is 0.198 e. The Labute approximate surface area is 105 Å². The number of aromatic nitrogens is 2. The van der Waals surface area contributed by atoms with Crippen LogP contribution in [0.15, 0.2) is 47.5 Å². The van der Waals surface area contributed by atoms with Gasteiger partial charge in [-0.05, 0) is 12.1 Å². The third-order valence-electron chi connectivity index (χ3n) is 2.17. The monoisotopic (exact) mass is 241 g/mol. The van der Waals surface area contributed by atoms with Crippen LogP contribution in [-0.2, 0) is 0 Å². The lowest BCUT2D eigenvalue weighted by atomic mass is 10.1. The molecule has 0 saturated heterocycles. The molecular formula is C13H11N3S. The Morgan fingerprint density at radius 2 is 1.88 bits per heavy atom. The molecule has 4 heteroatoms. The Morgan fingerprint density at radius 1 is 1.06 bits per heavy atom. The lowest BCUT2D eigenvalue weighted by Crippen LogP contribution is -1.89. The predicted octanol–water partition coefficient (Wildman–Crippen LogP) is 3.15. The van der Waals surface area contributed by atoms with Gasteiger partial charge in [-0.1, -0.05) is 30.3 Å². The Hall–Kier alpha value is -1.86. The van der Waals surface area contributed by atoms with Crippen LogP contribution in [0, 0.1) is 11.3 Å². The summed E-state index contributed by atoms with van der Waals surface area (Å²) in [6, 6.07) is 15.9. The van der Waals surface area contributed by atoms with Crippen molar-refractivity contribution in [1.29, 1.82) is 5.26 Å². The number of thioether (sulfide) groups is 1. The first kappa shape index (κ1) is 11.6. The van der Waals surface area contributed by atoms with E-state index in [0.717, 1.165) is 22.0 Å². The molecule has 0 aliphatic heterocycles. The summed E-state index contributed by atoms with van der Waals surface area (Å²) in [5.74, 6) is 0.760. The maximum absolute atomic E-state index is 8.44. The zero-order chi connectivity index (χ0) is 11.9. The van der Waals surface area contributed by atoms with Crippen molar-refractivity contribution in [3.63, 3.8) is 0 Å². The summed E-state index contributed by atoms with van der Waals surface area (Å²) < 4.78 is 0.